The Kier molecular flexibility index (Phi) is 29.9. The number of oxime groups is 3. The highest BCUT2D eigenvalue weighted by Gasteiger charge is 2.13. The number of hydrogen-bond donors (Lipinski definition) is 12. The van der Waals surface area contributed by atoms with Gasteiger partial charge in [-0.05, 0) is 20.8 Å². The summed E-state index contributed by atoms with van der Waals surface area (Å²) in [5.74, 6) is 4.61. The zero-order valence-corrected chi connectivity index (χ0v) is 51.8. The molecule has 0 saturated carbocycles. The van der Waals surface area contributed by atoms with Crippen LogP contribution < -0.4 is 0 Å². The van der Waals surface area contributed by atoms with E-state index < -0.39 is 0 Å². The van der Waals surface area contributed by atoms with Crippen LogP contribution in [0.1, 0.15) is 80.7 Å². The number of aliphatic hydroxyl groups is 8. The van der Waals surface area contributed by atoms with Crippen LogP contribution in [-0.2, 0) is 52.9 Å². The van der Waals surface area contributed by atoms with Gasteiger partial charge in [0, 0.05) is 53.5 Å². The van der Waals surface area contributed by atoms with Crippen LogP contribution >= 0.6 is 45.3 Å². The summed E-state index contributed by atoms with van der Waals surface area (Å²) in [5.41, 5.74) is 4.03. The summed E-state index contributed by atoms with van der Waals surface area (Å²) in [7, 11) is 0. The highest BCUT2D eigenvalue weighted by Crippen LogP contribution is 2.25. The molecule has 0 unspecified atom stereocenters. The molecule has 0 bridgehead atoms. The fourth-order valence-electron chi connectivity index (χ4n) is 5.95. The van der Waals surface area contributed by atoms with Crippen molar-refractivity contribution in [2.45, 2.75) is 73.6 Å². The molecule has 0 atom stereocenters. The molecule has 0 aromatic carbocycles. The normalized spacial score (nSPS) is 11.0. The lowest BCUT2D eigenvalue weighted by Crippen LogP contribution is -1.94. The number of hydrogen-bond acceptors (Lipinski definition) is 39. The van der Waals surface area contributed by atoms with E-state index >= 15 is 0 Å². The number of oxazole rings is 3. The van der Waals surface area contributed by atoms with Gasteiger partial charge in [-0.3, -0.25) is 0 Å². The lowest BCUT2D eigenvalue weighted by molar-refractivity contribution is 0.247. The minimum Gasteiger partial charge on any atom is -0.443 e. The second-order valence-electron chi connectivity index (χ2n) is 16.9. The highest BCUT2D eigenvalue weighted by atomic mass is 32.1. The largest absolute Gasteiger partial charge is 0.443 e. The van der Waals surface area contributed by atoms with Crippen LogP contribution in [0.3, 0.4) is 0 Å². The first-order valence-corrected chi connectivity index (χ1v) is 29.4. The van der Waals surface area contributed by atoms with Gasteiger partial charge in [-0.15, -0.1) is 45.3 Å². The number of thiazole rings is 4. The summed E-state index contributed by atoms with van der Waals surface area (Å²) >= 11 is 5.48. The number of imidazole rings is 1. The fraction of sp³-hybridized carbons (Fsp3) is 0.208. The first-order valence-electron chi connectivity index (χ1n) is 26.0. The average Bonchev–Trinajstić information content (AvgIpc) is 2.80. The van der Waals surface area contributed by atoms with E-state index in [1.807, 2.05) is 0 Å². The van der Waals surface area contributed by atoms with Crippen molar-refractivity contribution < 1.29 is 92.3 Å². The van der Waals surface area contributed by atoms with Gasteiger partial charge in [0.25, 0.3) is 11.8 Å². The van der Waals surface area contributed by atoms with E-state index in [0.29, 0.717) is 102 Å². The van der Waals surface area contributed by atoms with Crippen LogP contribution in [0.2, 0.25) is 0 Å². The van der Waals surface area contributed by atoms with Gasteiger partial charge in [0.1, 0.15) is 63.4 Å². The Balaban J connectivity index is 0.000000169. The van der Waals surface area contributed by atoms with Gasteiger partial charge in [0.15, 0.2) is 27.4 Å². The SMILES string of the molecule is C/C(=N\O)c1nc(CO)co1.C/C(=N\O)c1nc(CO)cs1.C/C(=N\O)c1ncc(CO)s1.OCc1cnc(-c2ccno2)[nH]1.OCc1cnc(-c2ccno2)o1.OCc1cnc(-c2ccno2)s1.OCc1coc(-c2ccno2)n1.OCc1csc(-c2ccno2)n1. The summed E-state index contributed by atoms with van der Waals surface area (Å²) in [6.45, 7) is 4.21. The van der Waals surface area contributed by atoms with E-state index in [2.05, 4.69) is 86.1 Å². The summed E-state index contributed by atoms with van der Waals surface area (Å²) in [6.07, 6.45) is 16.5. The minimum atomic E-state index is -0.178. The number of nitrogens with one attached hydrogen (secondary N) is 1. The molecular weight excluding hydrogens is 1310 g/mol. The first kappa shape index (κ1) is 71.6. The third kappa shape index (κ3) is 22.7. The van der Waals surface area contributed by atoms with Crippen LogP contribution in [0, 0.1) is 0 Å². The summed E-state index contributed by atoms with van der Waals surface area (Å²) in [6, 6.07) is 8.43. The lowest BCUT2D eigenvalue weighted by Gasteiger charge is -1.87. The molecule has 13 rings (SSSR count). The van der Waals surface area contributed by atoms with E-state index in [9.17, 15) is 0 Å². The van der Waals surface area contributed by atoms with Crippen molar-refractivity contribution >= 4 is 62.5 Å². The van der Waals surface area contributed by atoms with Crippen molar-refractivity contribution in [3.63, 3.8) is 0 Å². The summed E-state index contributed by atoms with van der Waals surface area (Å²) in [4.78, 5) is 36.1. The van der Waals surface area contributed by atoms with E-state index in [0.717, 1.165) is 19.8 Å². The molecule has 13 aromatic rings. The summed E-state index contributed by atoms with van der Waals surface area (Å²) < 4.78 is 39.1. The van der Waals surface area contributed by atoms with E-state index in [1.54, 1.807) is 92.8 Å². The van der Waals surface area contributed by atoms with Crippen LogP contribution in [0.5, 0.6) is 0 Å². The molecule has 490 valence electrons. The van der Waals surface area contributed by atoms with E-state index in [-0.39, 0.29) is 64.5 Å². The van der Waals surface area contributed by atoms with Crippen molar-refractivity contribution in [2.24, 2.45) is 15.5 Å². The van der Waals surface area contributed by atoms with Gasteiger partial charge in [0.05, 0.1) is 116 Å². The molecule has 12 N–H and O–H groups in total. The zero-order valence-electron chi connectivity index (χ0n) is 48.5. The molecule has 0 aliphatic rings. The van der Waals surface area contributed by atoms with Crippen LogP contribution in [0.25, 0.3) is 56.4 Å². The van der Waals surface area contributed by atoms with Crippen LogP contribution in [0.4, 0.5) is 0 Å². The van der Waals surface area contributed by atoms with Crippen LogP contribution in [-0.4, -0.2) is 144 Å². The molecule has 93 heavy (non-hydrogen) atoms. The molecular formula is C53H55N17O19S4. The molecule has 0 spiro atoms. The lowest BCUT2D eigenvalue weighted by atomic mass is 10.4. The Morgan fingerprint density at radius 1 is 0.441 bits per heavy atom. The van der Waals surface area contributed by atoms with Crippen molar-refractivity contribution in [3.8, 4) is 56.4 Å². The zero-order chi connectivity index (χ0) is 66.7. The number of nitrogens with zero attached hydrogens (tertiary/aromatic N) is 16. The van der Waals surface area contributed by atoms with Gasteiger partial charge < -0.3 is 97.3 Å². The minimum absolute atomic E-state index is 0.0175. The predicted molar refractivity (Wildman–Crippen MR) is 323 cm³/mol. The second-order valence-corrected chi connectivity index (χ2v) is 20.9. The maximum Gasteiger partial charge on any atom is 0.266 e. The second kappa shape index (κ2) is 38.9. The monoisotopic (exact) mass is 1360 g/mol. The average molecular weight is 1360 g/mol. The molecule has 36 nitrogen and oxygen atoms in total. The highest BCUT2D eigenvalue weighted by molar-refractivity contribution is 7.15. The Hall–Kier alpha value is -10.5. The van der Waals surface area contributed by atoms with Gasteiger partial charge in [-0.25, -0.2) is 39.9 Å². The van der Waals surface area contributed by atoms with Crippen molar-refractivity contribution in [2.75, 3.05) is 0 Å². The Morgan fingerprint density at radius 3 is 1.43 bits per heavy atom. The number of aliphatic hydroxyl groups excluding tert-OH is 8. The van der Waals surface area contributed by atoms with Gasteiger partial charge in [0.2, 0.25) is 23.2 Å². The topological polar surface area (TPSA) is 548 Å². The smallest absolute Gasteiger partial charge is 0.266 e. The molecule has 13 heterocycles. The predicted octanol–water partition coefficient (Wildman–Crippen LogP) is 6.81. The number of aromatic nitrogens is 14. The number of aromatic amines is 1. The Labute approximate surface area is 537 Å². The summed E-state index contributed by atoms with van der Waals surface area (Å²) in [5, 5.41) is 127. The maximum atomic E-state index is 8.77. The molecule has 0 aliphatic heterocycles. The van der Waals surface area contributed by atoms with Gasteiger partial charge in [-0.1, -0.05) is 41.3 Å². The van der Waals surface area contributed by atoms with Gasteiger partial charge in [-0.2, -0.15) is 0 Å². The van der Waals surface area contributed by atoms with Crippen molar-refractivity contribution in [1.82, 2.24) is 70.6 Å². The number of H-pyrrole nitrogens is 1. The molecule has 0 amide bonds. The quantitative estimate of drug-likeness (QED) is 0.0268. The van der Waals surface area contributed by atoms with Gasteiger partial charge >= 0.3 is 0 Å². The molecule has 13 aromatic heterocycles. The molecule has 40 heteroatoms. The third-order valence-electron chi connectivity index (χ3n) is 10.4. The standard InChI is InChI=1S/C7H7N3O2.2C7H6N2O3.2C7H6N2O2S.C6H8N2O3.2C6H8N2O2S/c11-4-5-3-8-7(10-5)6-1-2-9-12-6;10-4-5-3-8-7(11-5)6-1-2-9-12-6;10-3-5-4-11-7(9-5)6-1-2-8-12-6;10-4-5-3-8-7(12-5)6-1-2-9-11-6;10-3-5-4-12-7(9-5)6-1-2-8-11-6;2*1-4(8-10)6-7-5(2-9)3-11-6;1-4(8-10)6-7-2-5(3-9)11-6/h1-3,11H,4H2,(H,8,10);1-3,10H,4H2;1-2,4,10H,3H2;1-3,10H,4H2;1-2,4,10H,3H2;2*3,9-10H,2H2,1H3;2,9-10H,3H2,1H3/b;;;;;3*8-4+. The number of rotatable bonds is 16. The Bertz CT molecular complexity index is 3610. The molecule has 0 fully saturated rings. The first-order chi connectivity index (χ1) is 45.3. The van der Waals surface area contributed by atoms with E-state index in [1.165, 1.54) is 82.7 Å². The van der Waals surface area contributed by atoms with Crippen molar-refractivity contribution in [3.05, 3.63) is 169 Å². The van der Waals surface area contributed by atoms with Crippen LogP contribution in [0.15, 0.2) is 161 Å². The molecule has 0 aliphatic carbocycles. The maximum absolute atomic E-state index is 8.77. The van der Waals surface area contributed by atoms with Crippen molar-refractivity contribution in [1.29, 1.82) is 0 Å². The molecule has 0 saturated heterocycles. The third-order valence-corrected chi connectivity index (χ3v) is 14.4. The van der Waals surface area contributed by atoms with E-state index in [4.69, 9.17) is 92.3 Å². The molecule has 0 radical (unpaired) electrons. The Morgan fingerprint density at radius 2 is 0.957 bits per heavy atom. The fourth-order valence-corrected chi connectivity index (χ4v) is 8.91.